The van der Waals surface area contributed by atoms with E-state index in [0.29, 0.717) is 17.1 Å². The molecule has 0 saturated carbocycles. The van der Waals surface area contributed by atoms with Gasteiger partial charge in [0.15, 0.2) is 5.82 Å². The lowest BCUT2D eigenvalue weighted by Gasteiger charge is -2.08. The van der Waals surface area contributed by atoms with Crippen molar-refractivity contribution in [3.8, 4) is 6.07 Å². The van der Waals surface area contributed by atoms with E-state index in [1.54, 1.807) is 12.4 Å². The molecule has 17 heavy (non-hydrogen) atoms. The Bertz CT molecular complexity index is 573. The predicted octanol–water partition coefficient (Wildman–Crippen LogP) is 1.50. The van der Waals surface area contributed by atoms with Crippen molar-refractivity contribution in [3.63, 3.8) is 0 Å². The molecule has 0 unspecified atom stereocenters. The molecule has 0 bridgehead atoms. The first kappa shape index (κ1) is 11.0. The molecule has 0 radical (unpaired) electrons. The summed E-state index contributed by atoms with van der Waals surface area (Å²) in [5, 5.41) is 20.0. The molecule has 0 aliphatic rings. The molecule has 0 aromatic carbocycles. The summed E-state index contributed by atoms with van der Waals surface area (Å²) < 4.78 is 0. The van der Waals surface area contributed by atoms with Gasteiger partial charge in [0.2, 0.25) is 0 Å². The van der Waals surface area contributed by atoms with E-state index in [1.165, 1.54) is 6.33 Å². The minimum Gasteiger partial charge on any atom is -0.335 e. The van der Waals surface area contributed by atoms with Gasteiger partial charge in [-0.05, 0) is 19.4 Å². The molecule has 0 fully saturated rings. The number of anilines is 2. The molecule has 84 valence electrons. The van der Waals surface area contributed by atoms with Gasteiger partial charge >= 0.3 is 0 Å². The minimum atomic E-state index is 0.422. The van der Waals surface area contributed by atoms with Crippen LogP contribution in [0.2, 0.25) is 0 Å². The quantitative estimate of drug-likeness (QED) is 0.834. The number of nitriles is 1. The monoisotopic (exact) mass is 226 g/mol. The fourth-order valence-corrected chi connectivity index (χ4v) is 1.33. The van der Waals surface area contributed by atoms with E-state index < -0.39 is 0 Å². The second-order valence-corrected chi connectivity index (χ2v) is 3.50. The number of nitrogens with zero attached hydrogens (tertiary/aromatic N) is 5. The lowest BCUT2D eigenvalue weighted by molar-refractivity contribution is 0.959. The van der Waals surface area contributed by atoms with Crippen molar-refractivity contribution in [1.82, 2.24) is 20.2 Å². The molecular formula is C11H10N6. The molecule has 0 spiro atoms. The number of rotatable bonds is 2. The average Bonchev–Trinajstić information content (AvgIpc) is 2.36. The third kappa shape index (κ3) is 2.18. The predicted molar refractivity (Wildman–Crippen MR) is 61.5 cm³/mol. The first-order valence-electron chi connectivity index (χ1n) is 4.98. The number of aromatic nitrogens is 4. The third-order valence-corrected chi connectivity index (χ3v) is 2.39. The van der Waals surface area contributed by atoms with Crippen molar-refractivity contribution in [2.24, 2.45) is 0 Å². The zero-order chi connectivity index (χ0) is 12.3. The first-order valence-corrected chi connectivity index (χ1v) is 4.98. The van der Waals surface area contributed by atoms with Crippen LogP contribution in [0.4, 0.5) is 11.5 Å². The molecule has 2 aromatic rings. The normalized spacial score (nSPS) is 9.71. The van der Waals surface area contributed by atoms with Gasteiger partial charge in [-0.2, -0.15) is 10.4 Å². The molecule has 6 heteroatoms. The van der Waals surface area contributed by atoms with E-state index in [0.717, 1.165) is 11.3 Å². The maximum absolute atomic E-state index is 9.11. The van der Waals surface area contributed by atoms with Crippen molar-refractivity contribution >= 4 is 11.5 Å². The highest BCUT2D eigenvalue weighted by molar-refractivity contribution is 5.63. The van der Waals surface area contributed by atoms with Crippen LogP contribution in [0.3, 0.4) is 0 Å². The summed E-state index contributed by atoms with van der Waals surface area (Å²) in [6.07, 6.45) is 4.64. The van der Waals surface area contributed by atoms with Crippen molar-refractivity contribution < 1.29 is 0 Å². The Kier molecular flexibility index (Phi) is 2.92. The second kappa shape index (κ2) is 4.53. The van der Waals surface area contributed by atoms with Crippen LogP contribution in [0.25, 0.3) is 0 Å². The fourth-order valence-electron chi connectivity index (χ4n) is 1.33. The van der Waals surface area contributed by atoms with Gasteiger partial charge in [0.05, 0.1) is 23.8 Å². The van der Waals surface area contributed by atoms with Gasteiger partial charge < -0.3 is 5.32 Å². The van der Waals surface area contributed by atoms with Gasteiger partial charge in [-0.1, -0.05) is 0 Å². The molecular weight excluding hydrogens is 216 g/mol. The van der Waals surface area contributed by atoms with Crippen LogP contribution in [0, 0.1) is 25.2 Å². The third-order valence-electron chi connectivity index (χ3n) is 2.39. The summed E-state index contributed by atoms with van der Waals surface area (Å²) in [5.74, 6) is 0.422. The lowest BCUT2D eigenvalue weighted by Crippen LogP contribution is -2.03. The first-order chi connectivity index (χ1) is 8.22. The zero-order valence-electron chi connectivity index (χ0n) is 9.47. The molecule has 0 amide bonds. The van der Waals surface area contributed by atoms with Crippen molar-refractivity contribution in [2.45, 2.75) is 13.8 Å². The van der Waals surface area contributed by atoms with Gasteiger partial charge in [0.1, 0.15) is 18.0 Å². The molecule has 1 N–H and O–H groups in total. The van der Waals surface area contributed by atoms with Gasteiger partial charge in [0.25, 0.3) is 0 Å². The number of hydrogen-bond acceptors (Lipinski definition) is 6. The fraction of sp³-hybridized carbons (Fsp3) is 0.182. The molecule has 0 aliphatic heterocycles. The molecule has 6 nitrogen and oxygen atoms in total. The Labute approximate surface area is 98.4 Å². The van der Waals surface area contributed by atoms with Crippen molar-refractivity contribution in [2.75, 3.05) is 5.32 Å². The highest BCUT2D eigenvalue weighted by atomic mass is 15.2. The van der Waals surface area contributed by atoms with Crippen molar-refractivity contribution in [1.29, 1.82) is 5.26 Å². The molecule has 2 rings (SSSR count). The summed E-state index contributed by atoms with van der Waals surface area (Å²) in [6.45, 7) is 3.66. The zero-order valence-corrected chi connectivity index (χ0v) is 9.47. The Hall–Kier alpha value is -2.55. The second-order valence-electron chi connectivity index (χ2n) is 3.50. The summed E-state index contributed by atoms with van der Waals surface area (Å²) in [5.41, 5.74) is 2.72. The smallest absolute Gasteiger partial charge is 0.171 e. The van der Waals surface area contributed by atoms with Gasteiger partial charge in [-0.15, -0.1) is 5.10 Å². The summed E-state index contributed by atoms with van der Waals surface area (Å²) in [4.78, 5) is 7.74. The molecule has 0 saturated heterocycles. The van der Waals surface area contributed by atoms with Crippen LogP contribution in [0.1, 0.15) is 16.8 Å². The molecule has 0 atom stereocenters. The highest BCUT2D eigenvalue weighted by Crippen LogP contribution is 2.20. The number of hydrogen-bond donors (Lipinski definition) is 1. The van der Waals surface area contributed by atoms with Crippen LogP contribution < -0.4 is 5.32 Å². The molecule has 2 aromatic heterocycles. The lowest BCUT2D eigenvalue weighted by atomic mass is 10.1. The number of aryl methyl sites for hydroxylation is 1. The average molecular weight is 226 g/mol. The van der Waals surface area contributed by atoms with E-state index in [2.05, 4.69) is 31.6 Å². The van der Waals surface area contributed by atoms with Crippen LogP contribution >= 0.6 is 0 Å². The SMILES string of the molecule is Cc1nnc(Nc2cncnc2)c(C#N)c1C. The summed E-state index contributed by atoms with van der Waals surface area (Å²) in [6, 6.07) is 2.12. The Morgan fingerprint density at radius 1 is 1.18 bits per heavy atom. The van der Waals surface area contributed by atoms with E-state index in [1.807, 2.05) is 13.8 Å². The standard InChI is InChI=1S/C11H10N6/c1-7-8(2)16-17-11(10(7)3-12)15-9-4-13-6-14-5-9/h4-6H,1-2H3,(H,15,17). The van der Waals surface area contributed by atoms with Gasteiger partial charge in [-0.3, -0.25) is 0 Å². The highest BCUT2D eigenvalue weighted by Gasteiger charge is 2.10. The van der Waals surface area contributed by atoms with Crippen LogP contribution in [-0.4, -0.2) is 20.2 Å². The van der Waals surface area contributed by atoms with Gasteiger partial charge in [0, 0.05) is 0 Å². The maximum Gasteiger partial charge on any atom is 0.171 e. The molecule has 0 aliphatic carbocycles. The topological polar surface area (TPSA) is 87.4 Å². The Morgan fingerprint density at radius 2 is 1.88 bits per heavy atom. The Morgan fingerprint density at radius 3 is 2.53 bits per heavy atom. The molecule has 2 heterocycles. The van der Waals surface area contributed by atoms with E-state index in [-0.39, 0.29) is 0 Å². The minimum absolute atomic E-state index is 0.422. The van der Waals surface area contributed by atoms with Crippen LogP contribution in [0.5, 0.6) is 0 Å². The largest absolute Gasteiger partial charge is 0.335 e. The maximum atomic E-state index is 9.11. The van der Waals surface area contributed by atoms with Crippen molar-refractivity contribution in [3.05, 3.63) is 35.5 Å². The van der Waals surface area contributed by atoms with E-state index >= 15 is 0 Å². The summed E-state index contributed by atoms with van der Waals surface area (Å²) >= 11 is 0. The summed E-state index contributed by atoms with van der Waals surface area (Å²) in [7, 11) is 0. The van der Waals surface area contributed by atoms with Gasteiger partial charge in [-0.25, -0.2) is 9.97 Å². The van der Waals surface area contributed by atoms with Crippen LogP contribution in [0.15, 0.2) is 18.7 Å². The number of nitrogens with one attached hydrogen (secondary N) is 1. The van der Waals surface area contributed by atoms with Crippen LogP contribution in [-0.2, 0) is 0 Å². The Balaban J connectivity index is 2.41. The van der Waals surface area contributed by atoms with E-state index in [9.17, 15) is 0 Å². The van der Waals surface area contributed by atoms with E-state index in [4.69, 9.17) is 5.26 Å².